The molecule has 0 rings (SSSR count). The topological polar surface area (TPSA) is 29.5 Å². The summed E-state index contributed by atoms with van der Waals surface area (Å²) in [7, 11) is 2.17. The number of thioether (sulfide) groups is 1. The number of unbranched alkanes of at least 4 members (excludes halogenated alkanes) is 2. The number of carbonyl (C=O) groups is 1. The predicted octanol–water partition coefficient (Wildman–Crippen LogP) is 2.79. The van der Waals surface area contributed by atoms with Crippen molar-refractivity contribution in [1.29, 1.82) is 0 Å². The van der Waals surface area contributed by atoms with Gasteiger partial charge < -0.3 is 9.64 Å². The van der Waals surface area contributed by atoms with E-state index in [0.717, 1.165) is 25.8 Å². The van der Waals surface area contributed by atoms with Crippen LogP contribution in [-0.4, -0.2) is 49.1 Å². The van der Waals surface area contributed by atoms with Gasteiger partial charge >= 0.3 is 5.97 Å². The highest BCUT2D eigenvalue weighted by atomic mass is 32.2. The zero-order valence-corrected chi connectivity index (χ0v) is 12.5. The molecule has 0 aromatic carbocycles. The first-order valence-corrected chi connectivity index (χ1v) is 7.86. The Kier molecular flexibility index (Phi) is 10.8. The Labute approximate surface area is 110 Å². The first-order valence-electron chi connectivity index (χ1n) is 6.46. The second-order valence-corrected chi connectivity index (χ2v) is 5.31. The SMILES string of the molecule is CCOC(=O)CCCCCN(C)C(C)CSC. The third-order valence-electron chi connectivity index (χ3n) is 2.86. The minimum Gasteiger partial charge on any atom is -0.466 e. The molecule has 0 saturated carbocycles. The highest BCUT2D eigenvalue weighted by Crippen LogP contribution is 2.07. The molecule has 17 heavy (non-hydrogen) atoms. The molecule has 0 saturated heterocycles. The minimum absolute atomic E-state index is 0.0587. The zero-order chi connectivity index (χ0) is 13.1. The Bertz CT molecular complexity index is 200. The molecule has 0 radical (unpaired) electrons. The average Bonchev–Trinajstić information content (AvgIpc) is 2.29. The quantitative estimate of drug-likeness (QED) is 0.447. The van der Waals surface area contributed by atoms with Gasteiger partial charge in [0.1, 0.15) is 0 Å². The van der Waals surface area contributed by atoms with Crippen molar-refractivity contribution < 1.29 is 9.53 Å². The lowest BCUT2D eigenvalue weighted by Gasteiger charge is -2.23. The molecule has 0 spiro atoms. The first-order chi connectivity index (χ1) is 8.11. The van der Waals surface area contributed by atoms with Crippen LogP contribution in [-0.2, 0) is 9.53 Å². The molecule has 1 atom stereocenters. The summed E-state index contributed by atoms with van der Waals surface area (Å²) in [6, 6.07) is 0.634. The maximum absolute atomic E-state index is 11.1. The van der Waals surface area contributed by atoms with Gasteiger partial charge in [0, 0.05) is 18.2 Å². The Morgan fingerprint density at radius 3 is 2.65 bits per heavy atom. The van der Waals surface area contributed by atoms with Gasteiger partial charge in [0.2, 0.25) is 0 Å². The third-order valence-corrected chi connectivity index (χ3v) is 3.67. The summed E-state index contributed by atoms with van der Waals surface area (Å²) in [5.41, 5.74) is 0. The summed E-state index contributed by atoms with van der Waals surface area (Å²) >= 11 is 1.89. The normalized spacial score (nSPS) is 12.8. The molecule has 0 fully saturated rings. The Morgan fingerprint density at radius 2 is 2.06 bits per heavy atom. The fourth-order valence-electron chi connectivity index (χ4n) is 1.63. The number of hydrogen-bond acceptors (Lipinski definition) is 4. The first kappa shape index (κ1) is 16.8. The molecule has 0 aromatic heterocycles. The molecule has 4 heteroatoms. The van der Waals surface area contributed by atoms with Gasteiger partial charge in [-0.15, -0.1) is 0 Å². The maximum atomic E-state index is 11.1. The van der Waals surface area contributed by atoms with Crippen LogP contribution < -0.4 is 0 Å². The van der Waals surface area contributed by atoms with Crippen molar-refractivity contribution in [2.24, 2.45) is 0 Å². The lowest BCUT2D eigenvalue weighted by atomic mass is 10.2. The van der Waals surface area contributed by atoms with Gasteiger partial charge in [-0.3, -0.25) is 4.79 Å². The van der Waals surface area contributed by atoms with Crippen molar-refractivity contribution in [1.82, 2.24) is 4.90 Å². The Balaban J connectivity index is 3.41. The van der Waals surface area contributed by atoms with Crippen LogP contribution in [0, 0.1) is 0 Å². The molecule has 0 amide bonds. The summed E-state index contributed by atoms with van der Waals surface area (Å²) in [6.45, 7) is 5.72. The summed E-state index contributed by atoms with van der Waals surface area (Å²) in [6.07, 6.45) is 5.93. The molecular weight excluding hydrogens is 234 g/mol. The summed E-state index contributed by atoms with van der Waals surface area (Å²) in [5, 5.41) is 0. The standard InChI is InChI=1S/C13H27NO2S/c1-5-16-13(15)9-7-6-8-10-14(3)12(2)11-17-4/h12H,5-11H2,1-4H3. The van der Waals surface area contributed by atoms with E-state index in [9.17, 15) is 4.79 Å². The second kappa shape index (κ2) is 10.9. The van der Waals surface area contributed by atoms with Gasteiger partial charge in [-0.25, -0.2) is 0 Å². The van der Waals surface area contributed by atoms with Crippen LogP contribution in [0.5, 0.6) is 0 Å². The van der Waals surface area contributed by atoms with E-state index in [2.05, 4.69) is 25.1 Å². The zero-order valence-electron chi connectivity index (χ0n) is 11.7. The van der Waals surface area contributed by atoms with Gasteiger partial charge in [-0.05, 0) is 46.5 Å². The second-order valence-electron chi connectivity index (χ2n) is 4.40. The lowest BCUT2D eigenvalue weighted by molar-refractivity contribution is -0.143. The molecule has 1 unspecified atom stereocenters. The highest BCUT2D eigenvalue weighted by molar-refractivity contribution is 7.98. The summed E-state index contributed by atoms with van der Waals surface area (Å²) in [4.78, 5) is 13.5. The van der Waals surface area contributed by atoms with Crippen molar-refractivity contribution in [3.63, 3.8) is 0 Å². The number of rotatable bonds is 10. The Morgan fingerprint density at radius 1 is 1.35 bits per heavy atom. The van der Waals surface area contributed by atoms with Crippen LogP contribution in [0.25, 0.3) is 0 Å². The molecule has 0 bridgehead atoms. The smallest absolute Gasteiger partial charge is 0.305 e. The average molecular weight is 261 g/mol. The number of nitrogens with zero attached hydrogens (tertiary/aromatic N) is 1. The van der Waals surface area contributed by atoms with Gasteiger partial charge in [-0.1, -0.05) is 6.42 Å². The monoisotopic (exact) mass is 261 g/mol. The van der Waals surface area contributed by atoms with Gasteiger partial charge in [0.05, 0.1) is 6.61 Å². The van der Waals surface area contributed by atoms with Crippen LogP contribution >= 0.6 is 11.8 Å². The van der Waals surface area contributed by atoms with Crippen LogP contribution in [0.3, 0.4) is 0 Å². The van der Waals surface area contributed by atoms with Crippen molar-refractivity contribution in [2.75, 3.05) is 32.2 Å². The van der Waals surface area contributed by atoms with Gasteiger partial charge in [0.15, 0.2) is 0 Å². The summed E-state index contributed by atoms with van der Waals surface area (Å²) in [5.74, 6) is 1.12. The van der Waals surface area contributed by atoms with Crippen LogP contribution in [0.2, 0.25) is 0 Å². The molecule has 0 heterocycles. The van der Waals surface area contributed by atoms with Gasteiger partial charge in [-0.2, -0.15) is 11.8 Å². The number of ether oxygens (including phenoxy) is 1. The van der Waals surface area contributed by atoms with E-state index in [4.69, 9.17) is 4.74 Å². The van der Waals surface area contributed by atoms with Crippen molar-refractivity contribution in [3.8, 4) is 0 Å². The molecule has 3 nitrogen and oxygen atoms in total. The van der Waals surface area contributed by atoms with Crippen LogP contribution in [0.4, 0.5) is 0 Å². The van der Waals surface area contributed by atoms with Crippen molar-refractivity contribution in [2.45, 2.75) is 45.6 Å². The van der Waals surface area contributed by atoms with E-state index in [1.165, 1.54) is 5.75 Å². The minimum atomic E-state index is -0.0587. The molecule has 102 valence electrons. The number of esters is 1. The predicted molar refractivity (Wildman–Crippen MR) is 75.6 cm³/mol. The van der Waals surface area contributed by atoms with E-state index < -0.39 is 0 Å². The summed E-state index contributed by atoms with van der Waals surface area (Å²) < 4.78 is 4.89. The van der Waals surface area contributed by atoms with Gasteiger partial charge in [0.25, 0.3) is 0 Å². The van der Waals surface area contributed by atoms with E-state index in [1.54, 1.807) is 0 Å². The molecule has 0 N–H and O–H groups in total. The molecular formula is C13H27NO2S. The van der Waals surface area contributed by atoms with Crippen molar-refractivity contribution in [3.05, 3.63) is 0 Å². The molecule has 0 aliphatic carbocycles. The van der Waals surface area contributed by atoms with Crippen LogP contribution in [0.1, 0.15) is 39.5 Å². The van der Waals surface area contributed by atoms with Crippen LogP contribution in [0.15, 0.2) is 0 Å². The van der Waals surface area contributed by atoms with E-state index in [0.29, 0.717) is 19.1 Å². The molecule has 0 aromatic rings. The Hall–Kier alpha value is -0.220. The van der Waals surface area contributed by atoms with E-state index >= 15 is 0 Å². The largest absolute Gasteiger partial charge is 0.466 e. The fourth-order valence-corrected chi connectivity index (χ4v) is 2.37. The molecule has 0 aliphatic rings. The fraction of sp³-hybridized carbons (Fsp3) is 0.923. The number of hydrogen-bond donors (Lipinski definition) is 0. The third kappa shape index (κ3) is 9.48. The number of carbonyl (C=O) groups excluding carboxylic acids is 1. The van der Waals surface area contributed by atoms with Crippen molar-refractivity contribution >= 4 is 17.7 Å². The highest BCUT2D eigenvalue weighted by Gasteiger charge is 2.07. The lowest BCUT2D eigenvalue weighted by Crippen LogP contribution is -2.31. The van der Waals surface area contributed by atoms with E-state index in [1.807, 2.05) is 18.7 Å². The van der Waals surface area contributed by atoms with E-state index in [-0.39, 0.29) is 5.97 Å². The molecule has 0 aliphatic heterocycles. The maximum Gasteiger partial charge on any atom is 0.305 e.